The van der Waals surface area contributed by atoms with Crippen LogP contribution in [0.1, 0.15) is 15.9 Å². The topological polar surface area (TPSA) is 29.1 Å². The van der Waals surface area contributed by atoms with Gasteiger partial charge in [-0.1, -0.05) is 24.3 Å². The fraction of sp³-hybridized carbons (Fsp3) is 0.0714. The van der Waals surface area contributed by atoms with Crippen LogP contribution in [0.4, 0.5) is 5.69 Å². The van der Waals surface area contributed by atoms with Gasteiger partial charge in [0.05, 0.1) is 5.56 Å². The number of nitrogens with one attached hydrogen (secondary N) is 1. The van der Waals surface area contributed by atoms with E-state index in [1.165, 1.54) is 0 Å². The third-order valence-corrected chi connectivity index (χ3v) is 3.06. The van der Waals surface area contributed by atoms with Gasteiger partial charge in [0.25, 0.3) is 5.91 Å². The Bertz CT molecular complexity index is 537. The van der Waals surface area contributed by atoms with E-state index in [0.717, 1.165) is 15.7 Å². The van der Waals surface area contributed by atoms with Crippen LogP contribution in [0.15, 0.2) is 53.0 Å². The lowest BCUT2D eigenvalue weighted by Crippen LogP contribution is -2.12. The first kappa shape index (κ1) is 11.9. The van der Waals surface area contributed by atoms with Gasteiger partial charge in [0.1, 0.15) is 0 Å². The minimum Gasteiger partial charge on any atom is -0.322 e. The Morgan fingerprint density at radius 2 is 1.82 bits per heavy atom. The zero-order valence-electron chi connectivity index (χ0n) is 9.41. The molecule has 0 atom stereocenters. The van der Waals surface area contributed by atoms with E-state index in [1.54, 1.807) is 0 Å². The van der Waals surface area contributed by atoms with E-state index < -0.39 is 0 Å². The average molecular weight is 290 g/mol. The van der Waals surface area contributed by atoms with Gasteiger partial charge in [-0.05, 0) is 52.7 Å². The molecular formula is C14H12BrNO. The Hall–Kier alpha value is -1.61. The average Bonchev–Trinajstić information content (AvgIpc) is 2.30. The van der Waals surface area contributed by atoms with Crippen LogP contribution in [0.3, 0.4) is 0 Å². The molecule has 0 radical (unpaired) electrons. The first-order valence-electron chi connectivity index (χ1n) is 5.29. The Labute approximate surface area is 109 Å². The molecule has 0 unspecified atom stereocenters. The molecule has 0 spiro atoms. The Balaban J connectivity index is 2.21. The lowest BCUT2D eigenvalue weighted by Gasteiger charge is -2.07. The highest BCUT2D eigenvalue weighted by Crippen LogP contribution is 2.19. The summed E-state index contributed by atoms with van der Waals surface area (Å²) in [6.07, 6.45) is 0. The second-order valence-corrected chi connectivity index (χ2v) is 4.66. The van der Waals surface area contributed by atoms with Gasteiger partial charge in [0, 0.05) is 10.2 Å². The number of para-hydroxylation sites is 1. The molecule has 0 heterocycles. The van der Waals surface area contributed by atoms with E-state index in [4.69, 9.17) is 0 Å². The molecule has 17 heavy (non-hydrogen) atoms. The van der Waals surface area contributed by atoms with E-state index in [1.807, 2.05) is 55.5 Å². The second kappa shape index (κ2) is 5.15. The minimum atomic E-state index is -0.108. The first-order valence-corrected chi connectivity index (χ1v) is 6.08. The molecule has 0 aliphatic heterocycles. The van der Waals surface area contributed by atoms with Crippen LogP contribution in [0.2, 0.25) is 0 Å². The summed E-state index contributed by atoms with van der Waals surface area (Å²) in [6.45, 7) is 1.99. The standard InChI is InChI=1S/C14H12BrNO/c1-10-7-8-12(13(15)9-10)14(17)16-11-5-3-2-4-6-11/h2-9H,1H3,(H,16,17). The highest BCUT2D eigenvalue weighted by Gasteiger charge is 2.09. The number of benzene rings is 2. The van der Waals surface area contributed by atoms with Crippen molar-refractivity contribution in [2.45, 2.75) is 6.92 Å². The summed E-state index contributed by atoms with van der Waals surface area (Å²) < 4.78 is 0.811. The van der Waals surface area contributed by atoms with Gasteiger partial charge in [-0.2, -0.15) is 0 Å². The molecule has 0 saturated heterocycles. The molecule has 2 nitrogen and oxygen atoms in total. The van der Waals surface area contributed by atoms with E-state index in [-0.39, 0.29) is 5.91 Å². The van der Waals surface area contributed by atoms with Crippen LogP contribution in [-0.2, 0) is 0 Å². The molecule has 2 rings (SSSR count). The SMILES string of the molecule is Cc1ccc(C(=O)Nc2ccccc2)c(Br)c1. The maximum Gasteiger partial charge on any atom is 0.256 e. The molecule has 0 aliphatic rings. The second-order valence-electron chi connectivity index (χ2n) is 3.80. The number of hydrogen-bond acceptors (Lipinski definition) is 1. The largest absolute Gasteiger partial charge is 0.322 e. The summed E-state index contributed by atoms with van der Waals surface area (Å²) in [5.74, 6) is -0.108. The molecule has 0 fully saturated rings. The maximum absolute atomic E-state index is 12.0. The van der Waals surface area contributed by atoms with Crippen LogP contribution in [-0.4, -0.2) is 5.91 Å². The third-order valence-electron chi connectivity index (χ3n) is 2.40. The maximum atomic E-state index is 12.0. The van der Waals surface area contributed by atoms with Gasteiger partial charge < -0.3 is 5.32 Å². The molecule has 0 bridgehead atoms. The summed E-state index contributed by atoms with van der Waals surface area (Å²) in [4.78, 5) is 12.0. The monoisotopic (exact) mass is 289 g/mol. The number of aryl methyl sites for hydroxylation is 1. The summed E-state index contributed by atoms with van der Waals surface area (Å²) >= 11 is 3.40. The van der Waals surface area contributed by atoms with E-state index in [9.17, 15) is 4.79 Å². The highest BCUT2D eigenvalue weighted by molar-refractivity contribution is 9.10. The first-order chi connectivity index (χ1) is 8.16. The van der Waals surface area contributed by atoms with Crippen LogP contribution < -0.4 is 5.32 Å². The number of hydrogen-bond donors (Lipinski definition) is 1. The fourth-order valence-corrected chi connectivity index (χ4v) is 2.20. The summed E-state index contributed by atoms with van der Waals surface area (Å²) in [7, 11) is 0. The van der Waals surface area contributed by atoms with Gasteiger partial charge in [-0.15, -0.1) is 0 Å². The smallest absolute Gasteiger partial charge is 0.256 e. The van der Waals surface area contributed by atoms with Crippen molar-refractivity contribution in [2.75, 3.05) is 5.32 Å². The van der Waals surface area contributed by atoms with Gasteiger partial charge in [0.15, 0.2) is 0 Å². The van der Waals surface area contributed by atoms with Crippen molar-refractivity contribution in [1.29, 1.82) is 0 Å². The van der Waals surface area contributed by atoms with Crippen LogP contribution in [0.25, 0.3) is 0 Å². The van der Waals surface area contributed by atoms with E-state index in [0.29, 0.717) is 5.56 Å². The molecule has 0 aliphatic carbocycles. The molecule has 3 heteroatoms. The normalized spacial score (nSPS) is 10.0. The lowest BCUT2D eigenvalue weighted by atomic mass is 10.1. The quantitative estimate of drug-likeness (QED) is 0.889. The predicted octanol–water partition coefficient (Wildman–Crippen LogP) is 4.01. The molecule has 86 valence electrons. The van der Waals surface area contributed by atoms with Gasteiger partial charge in [-0.3, -0.25) is 4.79 Å². The predicted molar refractivity (Wildman–Crippen MR) is 73.3 cm³/mol. The zero-order valence-corrected chi connectivity index (χ0v) is 11.0. The molecule has 1 amide bonds. The van der Waals surface area contributed by atoms with Crippen molar-refractivity contribution < 1.29 is 4.79 Å². The van der Waals surface area contributed by atoms with Crippen molar-refractivity contribution in [3.8, 4) is 0 Å². The number of carbonyl (C=O) groups excluding carboxylic acids is 1. The van der Waals surface area contributed by atoms with Crippen molar-refractivity contribution in [3.05, 3.63) is 64.1 Å². The van der Waals surface area contributed by atoms with Gasteiger partial charge >= 0.3 is 0 Å². The molecule has 0 aromatic heterocycles. The minimum absolute atomic E-state index is 0.108. The number of rotatable bonds is 2. The van der Waals surface area contributed by atoms with E-state index in [2.05, 4.69) is 21.2 Å². The summed E-state index contributed by atoms with van der Waals surface area (Å²) in [5.41, 5.74) is 2.55. The number of halogens is 1. The van der Waals surface area contributed by atoms with Gasteiger partial charge in [0.2, 0.25) is 0 Å². The Morgan fingerprint density at radius 1 is 1.12 bits per heavy atom. The van der Waals surface area contributed by atoms with Crippen LogP contribution >= 0.6 is 15.9 Å². The van der Waals surface area contributed by atoms with Crippen molar-refractivity contribution in [3.63, 3.8) is 0 Å². The molecular weight excluding hydrogens is 278 g/mol. The molecule has 2 aromatic carbocycles. The highest BCUT2D eigenvalue weighted by atomic mass is 79.9. The van der Waals surface area contributed by atoms with Gasteiger partial charge in [-0.25, -0.2) is 0 Å². The molecule has 0 saturated carbocycles. The fourth-order valence-electron chi connectivity index (χ4n) is 1.52. The van der Waals surface area contributed by atoms with Crippen molar-refractivity contribution in [2.24, 2.45) is 0 Å². The summed E-state index contributed by atoms with van der Waals surface area (Å²) in [6, 6.07) is 15.1. The Kier molecular flexibility index (Phi) is 3.59. The lowest BCUT2D eigenvalue weighted by molar-refractivity contribution is 0.102. The van der Waals surface area contributed by atoms with Crippen molar-refractivity contribution >= 4 is 27.5 Å². The third kappa shape index (κ3) is 2.94. The van der Waals surface area contributed by atoms with E-state index >= 15 is 0 Å². The zero-order chi connectivity index (χ0) is 12.3. The molecule has 2 aromatic rings. The van der Waals surface area contributed by atoms with Crippen LogP contribution in [0, 0.1) is 6.92 Å². The number of carbonyl (C=O) groups is 1. The number of amides is 1. The van der Waals surface area contributed by atoms with Crippen LogP contribution in [0.5, 0.6) is 0 Å². The Morgan fingerprint density at radius 3 is 2.47 bits per heavy atom. The van der Waals surface area contributed by atoms with Crippen molar-refractivity contribution in [1.82, 2.24) is 0 Å². The molecule has 1 N–H and O–H groups in total. The summed E-state index contributed by atoms with van der Waals surface area (Å²) in [5, 5.41) is 2.85. The number of anilines is 1.